The fraction of sp³-hybridized carbons (Fsp3) is 0.188. The lowest BCUT2D eigenvalue weighted by Gasteiger charge is -2.05. The van der Waals surface area contributed by atoms with E-state index in [0.717, 1.165) is 23.5 Å². The Hall–Kier alpha value is -2.29. The highest BCUT2D eigenvalue weighted by Crippen LogP contribution is 2.21. The third-order valence-electron chi connectivity index (χ3n) is 3.31. The molecule has 0 radical (unpaired) electrons. The minimum Gasteiger partial charge on any atom is -0.494 e. The van der Waals surface area contributed by atoms with Crippen molar-refractivity contribution in [3.63, 3.8) is 0 Å². The summed E-state index contributed by atoms with van der Waals surface area (Å²) in [7, 11) is 1.68. The van der Waals surface area contributed by atoms with Gasteiger partial charge < -0.3 is 9.14 Å². The van der Waals surface area contributed by atoms with Crippen LogP contribution in [0.1, 0.15) is 17.0 Å². The molecular formula is C16H16N2O. The van der Waals surface area contributed by atoms with Crippen LogP contribution in [0.2, 0.25) is 0 Å². The number of methoxy groups -OCH3 is 1. The third kappa shape index (κ3) is 2.19. The topological polar surface area (TPSA) is 26.5 Å². The van der Waals surface area contributed by atoms with Crippen LogP contribution in [0.4, 0.5) is 0 Å². The van der Waals surface area contributed by atoms with Gasteiger partial charge in [0.2, 0.25) is 0 Å². The molecule has 0 fully saturated rings. The monoisotopic (exact) mass is 252 g/mol. The summed E-state index contributed by atoms with van der Waals surface area (Å²) >= 11 is 0. The molecule has 0 spiro atoms. The van der Waals surface area contributed by atoms with E-state index in [1.165, 1.54) is 11.1 Å². The maximum atomic E-state index is 5.35. The molecule has 0 N–H and O–H groups in total. The first-order chi connectivity index (χ1) is 9.28. The number of aryl methyl sites for hydroxylation is 1. The highest BCUT2D eigenvalue weighted by Gasteiger charge is 2.07. The number of ether oxygens (including phenoxy) is 1. The molecule has 0 saturated heterocycles. The van der Waals surface area contributed by atoms with Crippen molar-refractivity contribution in [2.75, 3.05) is 7.11 Å². The Kier molecular flexibility index (Phi) is 2.95. The smallest absolute Gasteiger partial charge is 0.144 e. The Labute approximate surface area is 112 Å². The molecule has 0 atom stereocenters. The zero-order chi connectivity index (χ0) is 13.2. The predicted octanol–water partition coefficient (Wildman–Crippen LogP) is 3.24. The second-order valence-corrected chi connectivity index (χ2v) is 4.67. The van der Waals surface area contributed by atoms with E-state index in [1.807, 2.05) is 24.5 Å². The number of fused-ring (bicyclic) bond motifs is 1. The first-order valence-electron chi connectivity index (χ1n) is 6.32. The quantitative estimate of drug-likeness (QED) is 0.715. The molecule has 96 valence electrons. The largest absolute Gasteiger partial charge is 0.494 e. The molecule has 0 aliphatic rings. The van der Waals surface area contributed by atoms with Gasteiger partial charge in [0.25, 0.3) is 0 Å². The Morgan fingerprint density at radius 1 is 1.16 bits per heavy atom. The maximum Gasteiger partial charge on any atom is 0.144 e. The molecule has 0 saturated carbocycles. The fourth-order valence-corrected chi connectivity index (χ4v) is 2.24. The van der Waals surface area contributed by atoms with Gasteiger partial charge in [0.1, 0.15) is 17.1 Å². The lowest BCUT2D eigenvalue weighted by Crippen LogP contribution is -1.97. The number of nitrogens with zero attached hydrogens (tertiary/aromatic N) is 2. The molecule has 0 unspecified atom stereocenters. The lowest BCUT2D eigenvalue weighted by atomic mass is 10.1. The summed E-state index contributed by atoms with van der Waals surface area (Å²) in [6.45, 7) is 2.10. The van der Waals surface area contributed by atoms with E-state index in [4.69, 9.17) is 4.74 Å². The molecule has 0 bridgehead atoms. The van der Waals surface area contributed by atoms with Gasteiger partial charge in [0, 0.05) is 12.6 Å². The number of benzene rings is 1. The first-order valence-corrected chi connectivity index (χ1v) is 6.32. The maximum absolute atomic E-state index is 5.35. The van der Waals surface area contributed by atoms with Gasteiger partial charge in [-0.05, 0) is 24.6 Å². The molecule has 0 aliphatic heterocycles. The van der Waals surface area contributed by atoms with Gasteiger partial charge in [0.15, 0.2) is 0 Å². The van der Waals surface area contributed by atoms with Gasteiger partial charge in [-0.2, -0.15) is 0 Å². The fourth-order valence-electron chi connectivity index (χ4n) is 2.24. The van der Waals surface area contributed by atoms with Gasteiger partial charge in [0.05, 0.1) is 13.3 Å². The van der Waals surface area contributed by atoms with E-state index in [2.05, 4.69) is 40.6 Å². The highest BCUT2D eigenvalue weighted by molar-refractivity contribution is 5.59. The molecule has 0 aliphatic carbocycles. The Morgan fingerprint density at radius 2 is 1.95 bits per heavy atom. The summed E-state index contributed by atoms with van der Waals surface area (Å²) in [5.74, 6) is 1.88. The van der Waals surface area contributed by atoms with E-state index in [1.54, 1.807) is 7.11 Å². The van der Waals surface area contributed by atoms with Crippen LogP contribution in [0.5, 0.6) is 5.75 Å². The van der Waals surface area contributed by atoms with Crippen LogP contribution in [0.3, 0.4) is 0 Å². The number of rotatable bonds is 3. The Bertz CT molecular complexity index is 698. The highest BCUT2D eigenvalue weighted by atomic mass is 16.5. The summed E-state index contributed by atoms with van der Waals surface area (Å²) in [5.41, 5.74) is 3.55. The van der Waals surface area contributed by atoms with Crippen molar-refractivity contribution in [2.24, 2.45) is 0 Å². The molecular weight excluding hydrogens is 236 g/mol. The van der Waals surface area contributed by atoms with Crippen molar-refractivity contribution < 1.29 is 4.74 Å². The van der Waals surface area contributed by atoms with Crippen molar-refractivity contribution >= 4 is 5.52 Å². The zero-order valence-electron chi connectivity index (χ0n) is 11.1. The van der Waals surface area contributed by atoms with Crippen LogP contribution in [0, 0.1) is 6.92 Å². The molecule has 2 aromatic heterocycles. The summed E-state index contributed by atoms with van der Waals surface area (Å²) < 4.78 is 7.43. The van der Waals surface area contributed by atoms with Crippen LogP contribution in [-0.2, 0) is 6.42 Å². The minimum atomic E-state index is 0.821. The average molecular weight is 252 g/mol. The molecule has 2 heterocycles. The van der Waals surface area contributed by atoms with Crippen molar-refractivity contribution in [3.8, 4) is 5.75 Å². The third-order valence-corrected chi connectivity index (χ3v) is 3.31. The number of pyridine rings is 1. The SMILES string of the molecule is COc1cccn2c(Cc3ccc(C)cc3)ncc12. The van der Waals surface area contributed by atoms with Crippen LogP contribution in [0.15, 0.2) is 48.8 Å². The molecule has 3 aromatic rings. The summed E-state index contributed by atoms with van der Waals surface area (Å²) in [6, 6.07) is 12.5. The molecule has 19 heavy (non-hydrogen) atoms. The molecule has 3 rings (SSSR count). The number of imidazole rings is 1. The van der Waals surface area contributed by atoms with Crippen molar-refractivity contribution in [1.29, 1.82) is 0 Å². The van der Waals surface area contributed by atoms with Gasteiger partial charge in [-0.25, -0.2) is 4.98 Å². The minimum absolute atomic E-state index is 0.821. The van der Waals surface area contributed by atoms with E-state index in [0.29, 0.717) is 0 Å². The molecule has 3 heteroatoms. The van der Waals surface area contributed by atoms with E-state index in [9.17, 15) is 0 Å². The van der Waals surface area contributed by atoms with Crippen molar-refractivity contribution in [3.05, 3.63) is 65.7 Å². The number of hydrogen-bond acceptors (Lipinski definition) is 2. The van der Waals surface area contributed by atoms with Crippen LogP contribution >= 0.6 is 0 Å². The summed E-state index contributed by atoms with van der Waals surface area (Å²) in [6.07, 6.45) is 4.71. The number of hydrogen-bond donors (Lipinski definition) is 0. The summed E-state index contributed by atoms with van der Waals surface area (Å²) in [5, 5.41) is 0. The predicted molar refractivity (Wildman–Crippen MR) is 75.7 cm³/mol. The van der Waals surface area contributed by atoms with E-state index in [-0.39, 0.29) is 0 Å². The van der Waals surface area contributed by atoms with Crippen LogP contribution in [-0.4, -0.2) is 16.5 Å². The Morgan fingerprint density at radius 3 is 2.68 bits per heavy atom. The second-order valence-electron chi connectivity index (χ2n) is 4.67. The molecule has 3 nitrogen and oxygen atoms in total. The van der Waals surface area contributed by atoms with Crippen molar-refractivity contribution in [1.82, 2.24) is 9.38 Å². The molecule has 0 amide bonds. The van der Waals surface area contributed by atoms with E-state index >= 15 is 0 Å². The zero-order valence-corrected chi connectivity index (χ0v) is 11.1. The van der Waals surface area contributed by atoms with Crippen LogP contribution in [0.25, 0.3) is 5.52 Å². The Balaban J connectivity index is 1.99. The van der Waals surface area contributed by atoms with Crippen LogP contribution < -0.4 is 4.74 Å². The van der Waals surface area contributed by atoms with Crippen molar-refractivity contribution in [2.45, 2.75) is 13.3 Å². The van der Waals surface area contributed by atoms with Gasteiger partial charge in [-0.3, -0.25) is 0 Å². The first kappa shape index (κ1) is 11.8. The van der Waals surface area contributed by atoms with Gasteiger partial charge >= 0.3 is 0 Å². The second kappa shape index (κ2) is 4.76. The standard InChI is InChI=1S/C16H16N2O/c1-12-5-7-13(8-6-12)10-16-17-11-14-15(19-2)4-3-9-18(14)16/h3-9,11H,10H2,1-2H3. The van der Waals surface area contributed by atoms with Gasteiger partial charge in [-0.15, -0.1) is 0 Å². The summed E-state index contributed by atoms with van der Waals surface area (Å²) in [4.78, 5) is 4.50. The average Bonchev–Trinajstić information content (AvgIpc) is 2.84. The van der Waals surface area contributed by atoms with E-state index < -0.39 is 0 Å². The normalized spacial score (nSPS) is 10.8. The molecule has 1 aromatic carbocycles. The van der Waals surface area contributed by atoms with Gasteiger partial charge in [-0.1, -0.05) is 29.8 Å². The number of aromatic nitrogens is 2. The lowest BCUT2D eigenvalue weighted by molar-refractivity contribution is 0.418.